The van der Waals surface area contributed by atoms with E-state index in [-0.39, 0.29) is 0 Å². The summed E-state index contributed by atoms with van der Waals surface area (Å²) in [5, 5.41) is 0. The molecule has 0 spiro atoms. The smallest absolute Gasteiger partial charge is 0.139 e. The molecule has 2 rings (SSSR count). The molecule has 0 atom stereocenters. The summed E-state index contributed by atoms with van der Waals surface area (Å²) in [6.07, 6.45) is 3.87. The molecule has 0 radical (unpaired) electrons. The van der Waals surface area contributed by atoms with Crippen LogP contribution >= 0.6 is 45.2 Å². The Hall–Kier alpha value is -0.220. The van der Waals surface area contributed by atoms with Gasteiger partial charge in [-0.2, -0.15) is 0 Å². The van der Waals surface area contributed by atoms with Crippen LogP contribution in [0.2, 0.25) is 0 Å². The molecule has 18 heavy (non-hydrogen) atoms. The minimum Gasteiger partial charge on any atom is -0.326 e. The summed E-state index contributed by atoms with van der Waals surface area (Å²) in [5.74, 6) is 0.904. The zero-order chi connectivity index (χ0) is 13.1. The first-order valence-electron chi connectivity index (χ1n) is 5.74. The molecule has 2 aromatic heterocycles. The van der Waals surface area contributed by atoms with Crippen molar-refractivity contribution in [3.05, 3.63) is 37.1 Å². The summed E-state index contributed by atoms with van der Waals surface area (Å²) < 4.78 is 4.07. The van der Waals surface area contributed by atoms with E-state index in [1.54, 1.807) is 0 Å². The summed E-state index contributed by atoms with van der Waals surface area (Å²) in [6, 6.07) is 4.11. The molecule has 2 heterocycles. The van der Waals surface area contributed by atoms with Gasteiger partial charge in [-0.3, -0.25) is 4.57 Å². The lowest BCUT2D eigenvalue weighted by Crippen LogP contribution is -2.06. The average molecular weight is 468 g/mol. The maximum atomic E-state index is 5.75. The Morgan fingerprint density at radius 1 is 1.33 bits per heavy atom. The van der Waals surface area contributed by atoms with Gasteiger partial charge in [0.15, 0.2) is 0 Å². The zero-order valence-corrected chi connectivity index (χ0v) is 14.3. The predicted octanol–water partition coefficient (Wildman–Crippen LogP) is 2.89. The molecule has 0 aliphatic rings. The van der Waals surface area contributed by atoms with Crippen LogP contribution in [0.5, 0.6) is 0 Å². The van der Waals surface area contributed by atoms with Gasteiger partial charge in [-0.15, -0.1) is 0 Å². The molecule has 0 saturated heterocycles. The van der Waals surface area contributed by atoms with Crippen LogP contribution in [-0.4, -0.2) is 14.5 Å². The normalized spacial score (nSPS) is 10.9. The van der Waals surface area contributed by atoms with Crippen molar-refractivity contribution in [1.29, 1.82) is 0 Å². The molecule has 0 aliphatic heterocycles. The molecular formula is C12H14I2N4. The molecule has 6 heteroatoms. The van der Waals surface area contributed by atoms with Crippen molar-refractivity contribution in [2.24, 2.45) is 5.73 Å². The molecule has 0 saturated carbocycles. The van der Waals surface area contributed by atoms with Gasteiger partial charge in [0.05, 0.1) is 0 Å². The number of nitrogens with two attached hydrogens (primary N) is 1. The van der Waals surface area contributed by atoms with Gasteiger partial charge in [0.1, 0.15) is 19.5 Å². The standard InChI is InChI=1S/C12H14I2N4/c1-2-3-9-4-8(6-15)5-10(17-9)18-7-16-11(13)12(18)14/h4-5,7H,2-3,6,15H2,1H3. The maximum Gasteiger partial charge on any atom is 0.139 e. The minimum absolute atomic E-state index is 0.536. The second-order valence-electron chi connectivity index (χ2n) is 3.98. The van der Waals surface area contributed by atoms with Gasteiger partial charge in [-0.05, 0) is 69.3 Å². The number of hydrogen-bond donors (Lipinski definition) is 1. The molecule has 4 nitrogen and oxygen atoms in total. The average Bonchev–Trinajstić information content (AvgIpc) is 2.70. The van der Waals surface area contributed by atoms with E-state index in [9.17, 15) is 0 Å². The molecule has 0 fully saturated rings. The van der Waals surface area contributed by atoms with E-state index in [1.165, 1.54) is 0 Å². The van der Waals surface area contributed by atoms with Crippen LogP contribution in [0.4, 0.5) is 0 Å². The quantitative estimate of drug-likeness (QED) is 0.703. The van der Waals surface area contributed by atoms with E-state index >= 15 is 0 Å². The summed E-state index contributed by atoms with van der Waals surface area (Å²) in [6.45, 7) is 2.69. The number of imidazole rings is 1. The van der Waals surface area contributed by atoms with Crippen molar-refractivity contribution >= 4 is 45.2 Å². The lowest BCUT2D eigenvalue weighted by molar-refractivity contribution is 0.849. The highest BCUT2D eigenvalue weighted by Gasteiger charge is 2.10. The highest BCUT2D eigenvalue weighted by atomic mass is 127. The van der Waals surface area contributed by atoms with Gasteiger partial charge >= 0.3 is 0 Å². The Labute approximate surface area is 134 Å². The van der Waals surface area contributed by atoms with Gasteiger partial charge in [0, 0.05) is 12.2 Å². The Bertz CT molecular complexity index is 551. The topological polar surface area (TPSA) is 56.7 Å². The van der Waals surface area contributed by atoms with Gasteiger partial charge in [0.2, 0.25) is 0 Å². The number of aryl methyl sites for hydroxylation is 1. The molecule has 96 valence electrons. The first kappa shape index (κ1) is 14.2. The second kappa shape index (κ2) is 6.29. The molecule has 0 aromatic carbocycles. The van der Waals surface area contributed by atoms with Crippen LogP contribution in [0, 0.1) is 7.40 Å². The van der Waals surface area contributed by atoms with Crippen LogP contribution in [0.15, 0.2) is 18.5 Å². The largest absolute Gasteiger partial charge is 0.326 e. The molecule has 2 aromatic rings. The lowest BCUT2D eigenvalue weighted by atomic mass is 10.1. The van der Waals surface area contributed by atoms with Crippen LogP contribution in [-0.2, 0) is 13.0 Å². The number of pyridine rings is 1. The minimum atomic E-state index is 0.536. The number of halogens is 2. The van der Waals surface area contributed by atoms with Crippen molar-refractivity contribution in [2.75, 3.05) is 0 Å². The summed E-state index contributed by atoms with van der Waals surface area (Å²) >= 11 is 4.51. The van der Waals surface area contributed by atoms with E-state index in [0.29, 0.717) is 6.54 Å². The van der Waals surface area contributed by atoms with Gasteiger partial charge < -0.3 is 5.73 Å². The predicted molar refractivity (Wildman–Crippen MR) is 88.7 cm³/mol. The monoisotopic (exact) mass is 468 g/mol. The summed E-state index contributed by atoms with van der Waals surface area (Å²) in [7, 11) is 0. The molecule has 0 amide bonds. The van der Waals surface area contributed by atoms with Crippen molar-refractivity contribution < 1.29 is 0 Å². The third-order valence-corrected chi connectivity index (χ3v) is 5.43. The SMILES string of the molecule is CCCc1cc(CN)cc(-n2cnc(I)c2I)n1. The van der Waals surface area contributed by atoms with Crippen molar-refractivity contribution in [3.8, 4) is 5.82 Å². The Kier molecular flexibility index (Phi) is 4.96. The fourth-order valence-corrected chi connectivity index (χ4v) is 2.63. The van der Waals surface area contributed by atoms with E-state index in [1.807, 2.05) is 17.0 Å². The number of aromatic nitrogens is 3. The highest BCUT2D eigenvalue weighted by molar-refractivity contribution is 14.1. The van der Waals surface area contributed by atoms with E-state index < -0.39 is 0 Å². The highest BCUT2D eigenvalue weighted by Crippen LogP contribution is 2.19. The number of rotatable bonds is 4. The number of nitrogens with zero attached hydrogens (tertiary/aromatic N) is 3. The molecule has 0 bridgehead atoms. The Balaban J connectivity index is 2.49. The first-order chi connectivity index (χ1) is 8.65. The Morgan fingerprint density at radius 3 is 2.67 bits per heavy atom. The lowest BCUT2D eigenvalue weighted by Gasteiger charge is -2.09. The van der Waals surface area contributed by atoms with E-state index in [4.69, 9.17) is 5.73 Å². The van der Waals surface area contributed by atoms with Gasteiger partial charge in [0.25, 0.3) is 0 Å². The van der Waals surface area contributed by atoms with Crippen LogP contribution in [0.25, 0.3) is 5.82 Å². The first-order valence-corrected chi connectivity index (χ1v) is 7.90. The van der Waals surface area contributed by atoms with E-state index in [0.717, 1.165) is 37.3 Å². The van der Waals surface area contributed by atoms with Crippen molar-refractivity contribution in [2.45, 2.75) is 26.3 Å². The molecule has 0 unspecified atom stereocenters. The van der Waals surface area contributed by atoms with Crippen LogP contribution < -0.4 is 5.73 Å². The summed E-state index contributed by atoms with van der Waals surface area (Å²) in [5.41, 5.74) is 7.96. The van der Waals surface area contributed by atoms with Crippen molar-refractivity contribution in [3.63, 3.8) is 0 Å². The molecular weight excluding hydrogens is 454 g/mol. The zero-order valence-electron chi connectivity index (χ0n) is 10.0. The van der Waals surface area contributed by atoms with Crippen molar-refractivity contribution in [1.82, 2.24) is 14.5 Å². The Morgan fingerprint density at radius 2 is 2.11 bits per heavy atom. The van der Waals surface area contributed by atoms with E-state index in [2.05, 4.69) is 68.1 Å². The number of hydrogen-bond acceptors (Lipinski definition) is 3. The molecule has 2 N–H and O–H groups in total. The summed E-state index contributed by atoms with van der Waals surface area (Å²) in [4.78, 5) is 8.97. The fourth-order valence-electron chi connectivity index (χ4n) is 1.73. The van der Waals surface area contributed by atoms with Gasteiger partial charge in [-0.25, -0.2) is 9.97 Å². The fraction of sp³-hybridized carbons (Fsp3) is 0.333. The van der Waals surface area contributed by atoms with Crippen LogP contribution in [0.3, 0.4) is 0 Å². The second-order valence-corrected chi connectivity index (χ2v) is 6.02. The third kappa shape index (κ3) is 3.02. The maximum absolute atomic E-state index is 5.75. The van der Waals surface area contributed by atoms with Gasteiger partial charge in [-0.1, -0.05) is 13.3 Å². The third-order valence-electron chi connectivity index (χ3n) is 2.58. The van der Waals surface area contributed by atoms with Crippen LogP contribution in [0.1, 0.15) is 24.6 Å². The molecule has 0 aliphatic carbocycles.